The van der Waals surface area contributed by atoms with Crippen LogP contribution in [0.3, 0.4) is 0 Å². The summed E-state index contributed by atoms with van der Waals surface area (Å²) in [5.74, 6) is -4.32. The predicted octanol–water partition coefficient (Wildman–Crippen LogP) is 7.39. The maximum atomic E-state index is 13.9. The zero-order valence-corrected chi connectivity index (χ0v) is 42.5. The molecule has 0 saturated carbocycles. The molecule has 1 N–H and O–H groups in total. The van der Waals surface area contributed by atoms with Gasteiger partial charge < -0.3 is 33.7 Å². The van der Waals surface area contributed by atoms with Gasteiger partial charge in [-0.05, 0) is 63.7 Å². The number of esters is 6. The maximum Gasteiger partial charge on any atom is 0.306 e. The van der Waals surface area contributed by atoms with E-state index in [0.29, 0.717) is 42.1 Å². The quantitative estimate of drug-likeness (QED) is 0.112. The molecule has 0 amide bonds. The lowest BCUT2D eigenvalue weighted by atomic mass is 9.55. The second-order valence-electron chi connectivity index (χ2n) is 20.4. The molecule has 1 saturated heterocycles. The summed E-state index contributed by atoms with van der Waals surface area (Å²) in [6.45, 7) is 18.3. The van der Waals surface area contributed by atoms with Gasteiger partial charge in [-0.25, -0.2) is 0 Å². The molecule has 0 aromatic carbocycles. The Bertz CT molecular complexity index is 2220. The lowest BCUT2D eigenvalue weighted by Gasteiger charge is -2.48. The first-order valence-electron chi connectivity index (χ1n) is 23.5. The van der Waals surface area contributed by atoms with Crippen molar-refractivity contribution in [2.45, 2.75) is 145 Å². The van der Waals surface area contributed by atoms with Crippen molar-refractivity contribution < 1.29 is 57.2 Å². The first-order valence-corrected chi connectivity index (χ1v) is 23.5. The van der Waals surface area contributed by atoms with Crippen LogP contribution in [0.25, 0.3) is 0 Å². The molecular formula is C51H74N4O12. The molecule has 9 atom stereocenters. The molecule has 5 aliphatic rings. The van der Waals surface area contributed by atoms with E-state index in [2.05, 4.69) is 33.0 Å². The third kappa shape index (κ3) is 9.39. The minimum absolute atomic E-state index is 0.0165. The number of hydrogen-bond acceptors (Lipinski definition) is 16. The topological polar surface area (TPSA) is 207 Å². The standard InChI is InChI=1S/C51H74N4O12/c1-16-17-32-43-29(3)45-49(7,26-40(60)66-14)30(18-20-36(56)62-10)34(52-45)25-35-47(4,5)31(19-21-37(57)63-11)42(53-35)28(2)44-48(6,23-22-38(58)64-12)33(24-39(59)65-13)46(54-44)51(9,55-43)50(32,8)27-41(61)67-15/h25,30-33,46,52H,16-24,26-27H2,1-15H3/t30-,31-,32-,33+,46?,48-,49+,50+,51+/m1/s1. The molecule has 8 bridgehead atoms. The zero-order chi connectivity index (χ0) is 50.0. The molecule has 0 aliphatic carbocycles. The molecular weight excluding hydrogens is 861 g/mol. The minimum Gasteiger partial charge on any atom is -0.469 e. The van der Waals surface area contributed by atoms with Crippen molar-refractivity contribution in [1.29, 1.82) is 0 Å². The third-order valence-corrected chi connectivity index (χ3v) is 16.5. The highest BCUT2D eigenvalue weighted by atomic mass is 16.5. The van der Waals surface area contributed by atoms with Gasteiger partial charge in [-0.2, -0.15) is 0 Å². The fourth-order valence-corrected chi connectivity index (χ4v) is 12.3. The van der Waals surface area contributed by atoms with Crippen LogP contribution in [0.15, 0.2) is 49.3 Å². The molecule has 0 aromatic rings. The van der Waals surface area contributed by atoms with E-state index in [1.165, 1.54) is 42.7 Å². The second kappa shape index (κ2) is 20.2. The maximum absolute atomic E-state index is 13.9. The van der Waals surface area contributed by atoms with Gasteiger partial charge in [0.05, 0.1) is 73.5 Å². The van der Waals surface area contributed by atoms with Crippen molar-refractivity contribution in [3.05, 3.63) is 34.3 Å². The van der Waals surface area contributed by atoms with Crippen molar-refractivity contribution >= 4 is 53.0 Å². The van der Waals surface area contributed by atoms with Gasteiger partial charge in [0.2, 0.25) is 0 Å². The molecule has 16 heteroatoms. The second-order valence-corrected chi connectivity index (χ2v) is 20.4. The van der Waals surface area contributed by atoms with Crippen LogP contribution in [-0.4, -0.2) is 107 Å². The van der Waals surface area contributed by atoms with Gasteiger partial charge in [0.1, 0.15) is 0 Å². The van der Waals surface area contributed by atoms with E-state index in [4.69, 9.17) is 43.4 Å². The smallest absolute Gasteiger partial charge is 0.306 e. The number of carbonyl (C=O) groups excluding carboxylic acids is 6. The number of nitrogens with one attached hydrogen (secondary N) is 1. The lowest BCUT2D eigenvalue weighted by molar-refractivity contribution is -0.147. The van der Waals surface area contributed by atoms with Crippen molar-refractivity contribution in [1.82, 2.24) is 5.32 Å². The van der Waals surface area contributed by atoms with Crippen molar-refractivity contribution in [3.8, 4) is 0 Å². The summed E-state index contributed by atoms with van der Waals surface area (Å²) in [7, 11) is 8.11. The summed E-state index contributed by atoms with van der Waals surface area (Å²) >= 11 is 0. The summed E-state index contributed by atoms with van der Waals surface area (Å²) in [6.07, 6.45) is 4.31. The molecule has 370 valence electrons. The van der Waals surface area contributed by atoms with Gasteiger partial charge in [0.15, 0.2) is 0 Å². The van der Waals surface area contributed by atoms with E-state index in [1.54, 1.807) is 0 Å². The van der Waals surface area contributed by atoms with Crippen LogP contribution in [0, 0.1) is 45.3 Å². The first kappa shape index (κ1) is 52.8. The van der Waals surface area contributed by atoms with Crippen LogP contribution in [-0.2, 0) is 57.2 Å². The monoisotopic (exact) mass is 935 g/mol. The Morgan fingerprint density at radius 2 is 1.18 bits per heavy atom. The Kier molecular flexibility index (Phi) is 15.9. The van der Waals surface area contributed by atoms with E-state index >= 15 is 0 Å². The van der Waals surface area contributed by atoms with Crippen LogP contribution in [0.1, 0.15) is 133 Å². The number of fused-ring (bicyclic) bond motifs is 6. The Morgan fingerprint density at radius 3 is 1.73 bits per heavy atom. The summed E-state index contributed by atoms with van der Waals surface area (Å²) in [4.78, 5) is 97.3. The summed E-state index contributed by atoms with van der Waals surface area (Å²) in [6, 6.07) is -0.764. The lowest BCUT2D eigenvalue weighted by Crippen LogP contribution is -2.55. The Morgan fingerprint density at radius 1 is 0.642 bits per heavy atom. The van der Waals surface area contributed by atoms with Gasteiger partial charge in [-0.1, -0.05) is 48.0 Å². The van der Waals surface area contributed by atoms with Gasteiger partial charge in [-0.15, -0.1) is 0 Å². The van der Waals surface area contributed by atoms with E-state index in [0.717, 1.165) is 29.0 Å². The first-order chi connectivity index (χ1) is 31.4. The Balaban J connectivity index is 2.03. The molecule has 0 spiro atoms. The minimum atomic E-state index is -1.20. The van der Waals surface area contributed by atoms with E-state index in [9.17, 15) is 28.8 Å². The van der Waals surface area contributed by atoms with Crippen LogP contribution < -0.4 is 5.32 Å². The van der Waals surface area contributed by atoms with Gasteiger partial charge in [-0.3, -0.25) is 43.7 Å². The Hall–Kier alpha value is -5.15. The molecule has 1 fully saturated rings. The average molecular weight is 935 g/mol. The molecule has 1 unspecified atom stereocenters. The zero-order valence-electron chi connectivity index (χ0n) is 42.5. The van der Waals surface area contributed by atoms with E-state index in [-0.39, 0.29) is 62.8 Å². The van der Waals surface area contributed by atoms with Crippen LogP contribution in [0.5, 0.6) is 0 Å². The van der Waals surface area contributed by atoms with Crippen molar-refractivity contribution in [3.63, 3.8) is 0 Å². The van der Waals surface area contributed by atoms with Gasteiger partial charge >= 0.3 is 35.8 Å². The normalized spacial score (nSPS) is 31.6. The molecule has 5 aliphatic heterocycles. The largest absolute Gasteiger partial charge is 0.469 e. The SMILES string of the molecule is CCC[C@@H]1C2=N[C@@](C)(C3N=C(C(C)=C4N=C(C=C5NC(=C2C)[C@@](C)(CC(=O)OC)[C@@H]5CCC(=O)OC)C(C)(C)[C@@H]4CCC(=O)OC)[C@](C)(CCC(=O)OC)[C@H]3CC(=O)OC)[C@@]1(C)CC(=O)OC. The number of methoxy groups -OCH3 is 6. The fourth-order valence-electron chi connectivity index (χ4n) is 12.3. The van der Waals surface area contributed by atoms with E-state index in [1.807, 2.05) is 40.7 Å². The number of hydrogen-bond donors (Lipinski definition) is 1. The predicted molar refractivity (Wildman–Crippen MR) is 252 cm³/mol. The fraction of sp³-hybridized carbons (Fsp3) is 0.706. The molecule has 16 nitrogen and oxygen atoms in total. The summed E-state index contributed by atoms with van der Waals surface area (Å²) in [5.41, 5.74) is 0.879. The number of allylic oxidation sites excluding steroid dienone is 6. The summed E-state index contributed by atoms with van der Waals surface area (Å²) in [5, 5.41) is 3.79. The van der Waals surface area contributed by atoms with E-state index < -0.39 is 74.9 Å². The average Bonchev–Trinajstić information content (AvgIpc) is 3.91. The van der Waals surface area contributed by atoms with Crippen LogP contribution in [0.2, 0.25) is 0 Å². The molecule has 5 heterocycles. The number of ether oxygens (including phenoxy) is 6. The van der Waals surface area contributed by atoms with Crippen molar-refractivity contribution in [2.75, 3.05) is 42.7 Å². The van der Waals surface area contributed by atoms with Crippen molar-refractivity contribution in [2.24, 2.45) is 60.3 Å². The number of rotatable bonds is 17. The third-order valence-electron chi connectivity index (χ3n) is 16.5. The molecule has 0 aromatic heterocycles. The van der Waals surface area contributed by atoms with Gasteiger partial charge in [0, 0.05) is 98.8 Å². The highest BCUT2D eigenvalue weighted by Crippen LogP contribution is 2.62. The number of nitrogens with zero attached hydrogens (tertiary/aromatic N) is 3. The highest BCUT2D eigenvalue weighted by Gasteiger charge is 2.66. The molecule has 0 radical (unpaired) electrons. The van der Waals surface area contributed by atoms with Crippen LogP contribution >= 0.6 is 0 Å². The summed E-state index contributed by atoms with van der Waals surface area (Å²) < 4.78 is 31.7. The van der Waals surface area contributed by atoms with Crippen LogP contribution in [0.4, 0.5) is 0 Å². The Labute approximate surface area is 396 Å². The highest BCUT2D eigenvalue weighted by molar-refractivity contribution is 6.10. The number of aliphatic imine (C=N–C) groups is 3. The molecule has 5 rings (SSSR count). The molecule has 67 heavy (non-hydrogen) atoms. The van der Waals surface area contributed by atoms with Gasteiger partial charge in [0.25, 0.3) is 0 Å². The number of carbonyl (C=O) groups is 6.